The zero-order valence-electron chi connectivity index (χ0n) is 8.79. The van der Waals surface area contributed by atoms with Crippen molar-refractivity contribution in [2.24, 2.45) is 0 Å². The summed E-state index contributed by atoms with van der Waals surface area (Å²) in [7, 11) is 0. The summed E-state index contributed by atoms with van der Waals surface area (Å²) in [4.78, 5) is 22.2. The number of halogens is 1. The number of rotatable bonds is 4. The molecule has 0 aromatic heterocycles. The molecule has 0 saturated heterocycles. The summed E-state index contributed by atoms with van der Waals surface area (Å²) in [5.41, 5.74) is 1.85. The standard InChI is InChI=1S/C12H13ClO2/c1-3-9-4-6-10(7-5-9)11(13)12(15)8(2)14/h4-7,11H,3H2,1-2H3. The first-order valence-electron chi connectivity index (χ1n) is 4.84. The summed E-state index contributed by atoms with van der Waals surface area (Å²) in [5.74, 6) is -1.06. The van der Waals surface area contributed by atoms with E-state index in [0.29, 0.717) is 5.56 Å². The predicted octanol–water partition coefficient (Wildman–Crippen LogP) is 2.69. The van der Waals surface area contributed by atoms with Gasteiger partial charge in [0.05, 0.1) is 0 Å². The minimum absolute atomic E-state index is 0.505. The van der Waals surface area contributed by atoms with Crippen molar-refractivity contribution in [3.63, 3.8) is 0 Å². The molecule has 0 amide bonds. The van der Waals surface area contributed by atoms with Gasteiger partial charge in [-0.1, -0.05) is 31.2 Å². The third kappa shape index (κ3) is 2.90. The van der Waals surface area contributed by atoms with Crippen molar-refractivity contribution in [2.45, 2.75) is 25.6 Å². The second-order valence-corrected chi connectivity index (χ2v) is 3.81. The molecule has 3 heteroatoms. The maximum absolute atomic E-state index is 11.3. The van der Waals surface area contributed by atoms with E-state index in [2.05, 4.69) is 0 Å². The molecule has 80 valence electrons. The summed E-state index contributed by atoms with van der Waals surface area (Å²) in [5, 5.41) is -0.853. The minimum atomic E-state index is -0.853. The Labute approximate surface area is 94.2 Å². The van der Waals surface area contributed by atoms with Crippen LogP contribution in [-0.4, -0.2) is 11.6 Å². The van der Waals surface area contributed by atoms with E-state index in [9.17, 15) is 9.59 Å². The molecule has 1 rings (SSSR count). The molecular formula is C12H13ClO2. The Bertz CT molecular complexity index is 368. The number of ketones is 2. The van der Waals surface area contributed by atoms with Gasteiger partial charge in [0.15, 0.2) is 5.78 Å². The molecule has 0 spiro atoms. The number of carbonyl (C=O) groups is 2. The van der Waals surface area contributed by atoms with Gasteiger partial charge in [-0.3, -0.25) is 9.59 Å². The summed E-state index contributed by atoms with van der Waals surface area (Å²) in [6.45, 7) is 3.28. The van der Waals surface area contributed by atoms with Gasteiger partial charge in [0.25, 0.3) is 0 Å². The average Bonchev–Trinajstić information content (AvgIpc) is 2.27. The van der Waals surface area contributed by atoms with Crippen molar-refractivity contribution in [3.8, 4) is 0 Å². The van der Waals surface area contributed by atoms with Gasteiger partial charge < -0.3 is 0 Å². The molecule has 1 atom stereocenters. The summed E-state index contributed by atoms with van der Waals surface area (Å²) < 4.78 is 0. The number of benzene rings is 1. The van der Waals surface area contributed by atoms with Gasteiger partial charge in [0.2, 0.25) is 5.78 Å². The monoisotopic (exact) mass is 224 g/mol. The Kier molecular flexibility index (Phi) is 4.04. The summed E-state index contributed by atoms with van der Waals surface area (Å²) in [6.07, 6.45) is 0.938. The third-order valence-electron chi connectivity index (χ3n) is 2.26. The van der Waals surface area contributed by atoms with Crippen molar-refractivity contribution in [2.75, 3.05) is 0 Å². The van der Waals surface area contributed by atoms with E-state index in [-0.39, 0.29) is 0 Å². The van der Waals surface area contributed by atoms with Crippen LogP contribution in [0.5, 0.6) is 0 Å². The number of hydrogen-bond donors (Lipinski definition) is 0. The number of aryl methyl sites for hydroxylation is 1. The van der Waals surface area contributed by atoms with E-state index in [0.717, 1.165) is 6.42 Å². The lowest BCUT2D eigenvalue weighted by Gasteiger charge is -2.07. The Balaban J connectivity index is 2.87. The van der Waals surface area contributed by atoms with Crippen LogP contribution in [0.2, 0.25) is 0 Å². The molecule has 0 heterocycles. The molecule has 0 aliphatic heterocycles. The van der Waals surface area contributed by atoms with Crippen LogP contribution in [0, 0.1) is 0 Å². The molecule has 15 heavy (non-hydrogen) atoms. The van der Waals surface area contributed by atoms with E-state index in [4.69, 9.17) is 11.6 Å². The van der Waals surface area contributed by atoms with Crippen LogP contribution in [0.4, 0.5) is 0 Å². The van der Waals surface area contributed by atoms with Crippen LogP contribution in [0.3, 0.4) is 0 Å². The minimum Gasteiger partial charge on any atom is -0.291 e. The van der Waals surface area contributed by atoms with Gasteiger partial charge in [0.1, 0.15) is 5.38 Å². The fourth-order valence-electron chi connectivity index (χ4n) is 1.25. The van der Waals surface area contributed by atoms with Crippen LogP contribution in [0.25, 0.3) is 0 Å². The fraction of sp³-hybridized carbons (Fsp3) is 0.333. The maximum Gasteiger partial charge on any atom is 0.220 e. The second-order valence-electron chi connectivity index (χ2n) is 3.38. The molecule has 0 bridgehead atoms. The lowest BCUT2D eigenvalue weighted by atomic mass is 10.0. The quantitative estimate of drug-likeness (QED) is 0.582. The molecule has 1 aromatic rings. The lowest BCUT2D eigenvalue weighted by Crippen LogP contribution is -2.15. The first kappa shape index (κ1) is 11.9. The molecular weight excluding hydrogens is 212 g/mol. The van der Waals surface area contributed by atoms with Gasteiger partial charge in [-0.2, -0.15) is 0 Å². The van der Waals surface area contributed by atoms with Crippen LogP contribution in [0.1, 0.15) is 30.4 Å². The largest absolute Gasteiger partial charge is 0.291 e. The Morgan fingerprint density at radius 1 is 1.27 bits per heavy atom. The number of alkyl halides is 1. The summed E-state index contributed by atoms with van der Waals surface area (Å²) in [6, 6.07) is 7.41. The van der Waals surface area contributed by atoms with Crippen LogP contribution >= 0.6 is 11.6 Å². The van der Waals surface area contributed by atoms with Gasteiger partial charge in [-0.05, 0) is 17.5 Å². The van der Waals surface area contributed by atoms with Gasteiger partial charge in [0, 0.05) is 6.92 Å². The van der Waals surface area contributed by atoms with Crippen molar-refractivity contribution in [3.05, 3.63) is 35.4 Å². The molecule has 1 aromatic carbocycles. The molecule has 0 N–H and O–H groups in total. The molecule has 0 radical (unpaired) electrons. The summed E-state index contributed by atoms with van der Waals surface area (Å²) >= 11 is 5.88. The first-order valence-corrected chi connectivity index (χ1v) is 5.27. The normalized spacial score (nSPS) is 12.2. The van der Waals surface area contributed by atoms with E-state index in [1.165, 1.54) is 12.5 Å². The topological polar surface area (TPSA) is 34.1 Å². The van der Waals surface area contributed by atoms with Crippen molar-refractivity contribution >= 4 is 23.2 Å². The third-order valence-corrected chi connectivity index (χ3v) is 2.71. The Morgan fingerprint density at radius 2 is 1.80 bits per heavy atom. The second kappa shape index (κ2) is 5.08. The van der Waals surface area contributed by atoms with Gasteiger partial charge in [-0.15, -0.1) is 11.6 Å². The van der Waals surface area contributed by atoms with Crippen LogP contribution in [-0.2, 0) is 16.0 Å². The highest BCUT2D eigenvalue weighted by molar-refractivity contribution is 6.48. The van der Waals surface area contributed by atoms with E-state index in [1.54, 1.807) is 12.1 Å². The molecule has 1 unspecified atom stereocenters. The van der Waals surface area contributed by atoms with Crippen molar-refractivity contribution < 1.29 is 9.59 Å². The van der Waals surface area contributed by atoms with Crippen molar-refractivity contribution in [1.29, 1.82) is 0 Å². The van der Waals surface area contributed by atoms with Crippen LogP contribution < -0.4 is 0 Å². The molecule has 0 saturated carbocycles. The van der Waals surface area contributed by atoms with E-state index in [1.807, 2.05) is 19.1 Å². The molecule has 0 aliphatic rings. The predicted molar refractivity (Wildman–Crippen MR) is 60.1 cm³/mol. The fourth-order valence-corrected chi connectivity index (χ4v) is 1.55. The average molecular weight is 225 g/mol. The van der Waals surface area contributed by atoms with E-state index < -0.39 is 16.9 Å². The highest BCUT2D eigenvalue weighted by Crippen LogP contribution is 2.22. The number of Topliss-reactive ketones (excluding diaryl/α,β-unsaturated/α-hetero) is 2. The lowest BCUT2D eigenvalue weighted by molar-refractivity contribution is -0.135. The Hall–Kier alpha value is -1.15. The van der Waals surface area contributed by atoms with Gasteiger partial charge in [-0.25, -0.2) is 0 Å². The zero-order valence-corrected chi connectivity index (χ0v) is 9.54. The van der Waals surface area contributed by atoms with E-state index >= 15 is 0 Å². The molecule has 2 nitrogen and oxygen atoms in total. The Morgan fingerprint density at radius 3 is 2.20 bits per heavy atom. The number of carbonyl (C=O) groups excluding carboxylic acids is 2. The smallest absolute Gasteiger partial charge is 0.220 e. The molecule has 0 fully saturated rings. The van der Waals surface area contributed by atoms with Gasteiger partial charge >= 0.3 is 0 Å². The zero-order chi connectivity index (χ0) is 11.4. The highest BCUT2D eigenvalue weighted by atomic mass is 35.5. The SMILES string of the molecule is CCc1ccc(C(Cl)C(=O)C(C)=O)cc1. The maximum atomic E-state index is 11.3. The number of hydrogen-bond acceptors (Lipinski definition) is 2. The highest BCUT2D eigenvalue weighted by Gasteiger charge is 2.21. The van der Waals surface area contributed by atoms with Crippen LogP contribution in [0.15, 0.2) is 24.3 Å². The first-order chi connectivity index (χ1) is 7.06. The molecule has 0 aliphatic carbocycles. The van der Waals surface area contributed by atoms with Crippen molar-refractivity contribution in [1.82, 2.24) is 0 Å².